The Morgan fingerprint density at radius 3 is 2.00 bits per heavy atom. The lowest BCUT2D eigenvalue weighted by molar-refractivity contribution is 0.0288. The number of hydrogen-bond acceptors (Lipinski definition) is 1. The van der Waals surface area contributed by atoms with Crippen LogP contribution in [0.4, 0.5) is 0 Å². The zero-order valence-electron chi connectivity index (χ0n) is 15.4. The van der Waals surface area contributed by atoms with Crippen LogP contribution in [0.5, 0.6) is 5.75 Å². The minimum Gasteiger partial charge on any atom is -0.487 e. The van der Waals surface area contributed by atoms with Crippen molar-refractivity contribution in [3.05, 3.63) is 29.8 Å². The van der Waals surface area contributed by atoms with Gasteiger partial charge in [-0.2, -0.15) is 0 Å². The van der Waals surface area contributed by atoms with Crippen LogP contribution in [-0.2, 0) is 0 Å². The topological polar surface area (TPSA) is 9.23 Å². The third kappa shape index (κ3) is 4.27. The first-order valence-corrected chi connectivity index (χ1v) is 9.01. The van der Waals surface area contributed by atoms with Gasteiger partial charge in [0, 0.05) is 0 Å². The van der Waals surface area contributed by atoms with E-state index in [-0.39, 0.29) is 5.60 Å². The molecule has 1 nitrogen and oxygen atoms in total. The maximum atomic E-state index is 6.46. The minimum atomic E-state index is 0.0680. The van der Waals surface area contributed by atoms with Crippen LogP contribution in [0.25, 0.3) is 0 Å². The minimum absolute atomic E-state index is 0.0680. The largest absolute Gasteiger partial charge is 0.487 e. The summed E-state index contributed by atoms with van der Waals surface area (Å²) in [7, 11) is 0. The molecule has 1 aliphatic rings. The van der Waals surface area contributed by atoms with Crippen molar-refractivity contribution >= 4 is 0 Å². The molecule has 0 heterocycles. The molecule has 0 radical (unpaired) electrons. The summed E-state index contributed by atoms with van der Waals surface area (Å²) in [6.45, 7) is 13.9. The van der Waals surface area contributed by atoms with E-state index in [4.69, 9.17) is 4.74 Å². The first-order chi connectivity index (χ1) is 10.2. The molecule has 1 saturated carbocycles. The van der Waals surface area contributed by atoms with E-state index in [1.54, 1.807) is 0 Å². The summed E-state index contributed by atoms with van der Waals surface area (Å²) >= 11 is 0. The van der Waals surface area contributed by atoms with Gasteiger partial charge in [-0.3, -0.25) is 0 Å². The predicted molar refractivity (Wildman–Crippen MR) is 95.6 cm³/mol. The Bertz CT molecular complexity index is 458. The van der Waals surface area contributed by atoms with Crippen LogP contribution in [0, 0.1) is 11.3 Å². The predicted octanol–water partition coefficient (Wildman–Crippen LogP) is 6.57. The van der Waals surface area contributed by atoms with Gasteiger partial charge >= 0.3 is 0 Å². The van der Waals surface area contributed by atoms with E-state index in [9.17, 15) is 0 Å². The van der Waals surface area contributed by atoms with E-state index in [1.807, 2.05) is 0 Å². The highest BCUT2D eigenvalue weighted by Crippen LogP contribution is 2.40. The van der Waals surface area contributed by atoms with Crippen LogP contribution in [0.2, 0.25) is 0 Å². The summed E-state index contributed by atoms with van der Waals surface area (Å²) < 4.78 is 6.46. The maximum Gasteiger partial charge on any atom is 0.120 e. The van der Waals surface area contributed by atoms with Crippen molar-refractivity contribution in [3.8, 4) is 5.75 Å². The molecule has 1 fully saturated rings. The molecule has 0 aromatic heterocycles. The van der Waals surface area contributed by atoms with E-state index in [1.165, 1.54) is 37.7 Å². The fourth-order valence-electron chi connectivity index (χ4n) is 3.91. The van der Waals surface area contributed by atoms with Gasteiger partial charge in [-0.15, -0.1) is 0 Å². The fourth-order valence-corrected chi connectivity index (χ4v) is 3.91. The highest BCUT2D eigenvalue weighted by molar-refractivity contribution is 5.30. The van der Waals surface area contributed by atoms with E-state index in [2.05, 4.69) is 65.8 Å². The lowest BCUT2D eigenvalue weighted by Crippen LogP contribution is -2.38. The molecule has 1 aromatic carbocycles. The number of benzene rings is 1. The third-order valence-electron chi connectivity index (χ3n) is 5.19. The molecule has 0 saturated heterocycles. The Kier molecular flexibility index (Phi) is 5.25. The van der Waals surface area contributed by atoms with Gasteiger partial charge < -0.3 is 4.74 Å². The Labute approximate surface area is 137 Å². The summed E-state index contributed by atoms with van der Waals surface area (Å²) in [5, 5.41) is 0. The van der Waals surface area contributed by atoms with Gasteiger partial charge in [-0.05, 0) is 67.1 Å². The molecule has 0 bridgehead atoms. The van der Waals surface area contributed by atoms with Crippen LogP contribution < -0.4 is 4.74 Å². The summed E-state index contributed by atoms with van der Waals surface area (Å²) in [4.78, 5) is 0. The quantitative estimate of drug-likeness (QED) is 0.597. The fraction of sp³-hybridized carbons (Fsp3) is 0.714. The van der Waals surface area contributed by atoms with Crippen molar-refractivity contribution < 1.29 is 4.74 Å². The van der Waals surface area contributed by atoms with Crippen molar-refractivity contribution in [2.24, 2.45) is 11.3 Å². The molecule has 1 aliphatic carbocycles. The molecule has 2 rings (SSSR count). The van der Waals surface area contributed by atoms with Crippen molar-refractivity contribution in [3.63, 3.8) is 0 Å². The zero-order chi connectivity index (χ0) is 16.4. The Hall–Kier alpha value is -0.980. The normalized spacial score (nSPS) is 19.4. The molecule has 0 amide bonds. The maximum absolute atomic E-state index is 6.46. The SMILES string of the molecule is CC(CC(C)(C)C)c1ccc(OC2(C(C)C)CCCC2)cc1. The van der Waals surface area contributed by atoms with Gasteiger partial charge in [-0.1, -0.05) is 53.7 Å². The second kappa shape index (κ2) is 6.64. The van der Waals surface area contributed by atoms with Gasteiger partial charge in [-0.25, -0.2) is 0 Å². The third-order valence-corrected chi connectivity index (χ3v) is 5.19. The van der Waals surface area contributed by atoms with E-state index in [0.29, 0.717) is 17.3 Å². The van der Waals surface area contributed by atoms with Gasteiger partial charge in [0.05, 0.1) is 0 Å². The van der Waals surface area contributed by atoms with E-state index >= 15 is 0 Å². The molecule has 22 heavy (non-hydrogen) atoms. The number of rotatable bonds is 5. The Balaban J connectivity index is 2.05. The average Bonchev–Trinajstić information content (AvgIpc) is 2.87. The highest BCUT2D eigenvalue weighted by atomic mass is 16.5. The summed E-state index contributed by atoms with van der Waals surface area (Å²) in [5.74, 6) is 2.22. The molecule has 124 valence electrons. The molecule has 1 unspecified atom stereocenters. The summed E-state index contributed by atoms with van der Waals surface area (Å²) in [5.41, 5.74) is 1.87. The second-order valence-corrected chi connectivity index (χ2v) is 8.76. The molecule has 0 aliphatic heterocycles. The van der Waals surface area contributed by atoms with Crippen molar-refractivity contribution in [1.82, 2.24) is 0 Å². The lowest BCUT2D eigenvalue weighted by atomic mass is 9.82. The van der Waals surface area contributed by atoms with E-state index < -0.39 is 0 Å². The van der Waals surface area contributed by atoms with Crippen molar-refractivity contribution in [2.75, 3.05) is 0 Å². The summed E-state index contributed by atoms with van der Waals surface area (Å²) in [6, 6.07) is 8.87. The zero-order valence-corrected chi connectivity index (χ0v) is 15.4. The second-order valence-electron chi connectivity index (χ2n) is 8.76. The molecular weight excluding hydrogens is 268 g/mol. The highest BCUT2D eigenvalue weighted by Gasteiger charge is 2.39. The van der Waals surface area contributed by atoms with Gasteiger partial charge in [0.2, 0.25) is 0 Å². The molecule has 1 heteroatoms. The van der Waals surface area contributed by atoms with Crippen LogP contribution in [-0.4, -0.2) is 5.60 Å². The van der Waals surface area contributed by atoms with Crippen LogP contribution in [0.1, 0.15) is 85.1 Å². The standard InChI is InChI=1S/C21H34O/c1-16(2)21(13-7-8-14-21)22-19-11-9-18(10-12-19)17(3)15-20(4,5)6/h9-12,16-17H,7-8,13-15H2,1-6H3. The molecule has 0 spiro atoms. The van der Waals surface area contributed by atoms with Crippen LogP contribution >= 0.6 is 0 Å². The Morgan fingerprint density at radius 1 is 1.00 bits per heavy atom. The smallest absolute Gasteiger partial charge is 0.120 e. The lowest BCUT2D eigenvalue weighted by Gasteiger charge is -2.34. The van der Waals surface area contributed by atoms with Crippen LogP contribution in [0.15, 0.2) is 24.3 Å². The van der Waals surface area contributed by atoms with Crippen molar-refractivity contribution in [2.45, 2.75) is 85.2 Å². The summed E-state index contributed by atoms with van der Waals surface area (Å²) in [6.07, 6.45) is 6.22. The van der Waals surface area contributed by atoms with E-state index in [0.717, 1.165) is 5.75 Å². The van der Waals surface area contributed by atoms with Gasteiger partial charge in [0.25, 0.3) is 0 Å². The van der Waals surface area contributed by atoms with Gasteiger partial charge in [0.15, 0.2) is 0 Å². The first kappa shape index (κ1) is 17.4. The number of hydrogen-bond donors (Lipinski definition) is 0. The average molecular weight is 303 g/mol. The Morgan fingerprint density at radius 2 is 1.55 bits per heavy atom. The monoisotopic (exact) mass is 302 g/mol. The number of ether oxygens (including phenoxy) is 1. The molecular formula is C21H34O. The first-order valence-electron chi connectivity index (χ1n) is 9.01. The molecule has 1 aromatic rings. The van der Waals surface area contributed by atoms with Gasteiger partial charge in [0.1, 0.15) is 11.4 Å². The molecule has 0 N–H and O–H groups in total. The van der Waals surface area contributed by atoms with Crippen LogP contribution in [0.3, 0.4) is 0 Å². The van der Waals surface area contributed by atoms with Crippen molar-refractivity contribution in [1.29, 1.82) is 0 Å². The molecule has 1 atom stereocenters.